The van der Waals surface area contributed by atoms with Gasteiger partial charge in [0, 0.05) is 10.0 Å². The molecule has 0 aliphatic rings. The molecule has 0 aliphatic carbocycles. The quantitative estimate of drug-likeness (QED) is 0.540. The van der Waals surface area contributed by atoms with Crippen LogP contribution in [-0.2, 0) is 12.8 Å². The van der Waals surface area contributed by atoms with Gasteiger partial charge in [0.15, 0.2) is 0 Å². The van der Waals surface area contributed by atoms with Crippen LogP contribution in [0.25, 0.3) is 0 Å². The summed E-state index contributed by atoms with van der Waals surface area (Å²) in [6.07, 6.45) is 2.17. The van der Waals surface area contributed by atoms with Crippen LogP contribution in [0.1, 0.15) is 36.5 Å². The largest absolute Gasteiger partial charge is 0.291 e. The van der Waals surface area contributed by atoms with Crippen LogP contribution in [0.5, 0.6) is 0 Å². The molecule has 20 heavy (non-hydrogen) atoms. The van der Waals surface area contributed by atoms with Gasteiger partial charge >= 0.3 is 0 Å². The summed E-state index contributed by atoms with van der Waals surface area (Å²) in [5.74, 6) is 0. The van der Waals surface area contributed by atoms with Crippen LogP contribution in [0.2, 0.25) is 0 Å². The number of rotatable bonds is 5. The first kappa shape index (κ1) is 16.6. The van der Waals surface area contributed by atoms with E-state index in [9.17, 15) is 15.4 Å². The molecule has 0 N–H and O–H groups in total. The molecule has 0 atom stereocenters. The minimum atomic E-state index is -0.540. The van der Waals surface area contributed by atoms with Crippen LogP contribution in [0.4, 0.5) is 5.69 Å². The van der Waals surface area contributed by atoms with Crippen molar-refractivity contribution in [2.24, 2.45) is 0 Å². The van der Waals surface area contributed by atoms with E-state index in [0.717, 1.165) is 12.8 Å². The predicted molar refractivity (Wildman–Crippen MR) is 81.1 cm³/mol. The summed E-state index contributed by atoms with van der Waals surface area (Å²) in [6, 6.07) is 3.89. The zero-order valence-electron chi connectivity index (χ0n) is 10.7. The van der Waals surface area contributed by atoms with E-state index in [2.05, 4.69) is 31.9 Å². The van der Waals surface area contributed by atoms with E-state index in [4.69, 9.17) is 5.26 Å². The Bertz CT molecular complexity index is 630. The molecule has 1 rings (SSSR count). The number of nitrogens with zero attached hydrogens (tertiary/aromatic N) is 3. The van der Waals surface area contributed by atoms with E-state index in [1.54, 1.807) is 0 Å². The van der Waals surface area contributed by atoms with Crippen LogP contribution in [0.3, 0.4) is 0 Å². The van der Waals surface area contributed by atoms with Crippen LogP contribution in [0.15, 0.2) is 8.95 Å². The maximum atomic E-state index is 11.3. The Morgan fingerprint density at radius 2 is 1.90 bits per heavy atom. The molecule has 104 valence electrons. The average Bonchev–Trinajstić information content (AvgIpc) is 2.42. The Labute approximate surface area is 133 Å². The zero-order chi connectivity index (χ0) is 15.3. The number of halogens is 2. The lowest BCUT2D eigenvalue weighted by Gasteiger charge is -2.13. The maximum Gasteiger partial charge on any atom is 0.291 e. The van der Waals surface area contributed by atoms with Gasteiger partial charge in [-0.2, -0.15) is 10.5 Å². The Hall–Kier alpha value is -1.44. The number of nitriles is 2. The lowest BCUT2D eigenvalue weighted by Crippen LogP contribution is -2.06. The zero-order valence-corrected chi connectivity index (χ0v) is 13.9. The fourth-order valence-corrected chi connectivity index (χ4v) is 3.06. The molecule has 0 saturated heterocycles. The number of nitro benzene ring substituents is 1. The second kappa shape index (κ2) is 7.37. The van der Waals surface area contributed by atoms with Crippen molar-refractivity contribution in [3.63, 3.8) is 0 Å². The molecular formula is C13H11Br2N3O2. The van der Waals surface area contributed by atoms with E-state index < -0.39 is 4.92 Å². The van der Waals surface area contributed by atoms with E-state index in [-0.39, 0.29) is 17.7 Å². The van der Waals surface area contributed by atoms with Gasteiger partial charge < -0.3 is 0 Å². The third-order valence-corrected chi connectivity index (χ3v) is 5.09. The standard InChI is InChI=1S/C13H11Br2N3O2/c1-2-3-4-9-8(5-6-16)11(14)12(15)10(7-17)13(9)18(19)20/h2-5H2,1H3. The summed E-state index contributed by atoms with van der Waals surface area (Å²) >= 11 is 6.53. The van der Waals surface area contributed by atoms with Gasteiger partial charge in [0.1, 0.15) is 11.6 Å². The highest BCUT2D eigenvalue weighted by atomic mass is 79.9. The van der Waals surface area contributed by atoms with E-state index >= 15 is 0 Å². The van der Waals surface area contributed by atoms with Crippen molar-refractivity contribution in [1.29, 1.82) is 10.5 Å². The van der Waals surface area contributed by atoms with Gasteiger partial charge in [-0.05, 0) is 50.3 Å². The molecule has 1 aromatic carbocycles. The third-order valence-electron chi connectivity index (χ3n) is 2.89. The predicted octanol–water partition coefficient (Wildman–Crippen LogP) is 4.40. The van der Waals surface area contributed by atoms with Crippen LogP contribution in [-0.4, -0.2) is 4.92 Å². The summed E-state index contributed by atoms with van der Waals surface area (Å²) < 4.78 is 0.879. The molecule has 1 aromatic rings. The molecule has 0 amide bonds. The molecule has 0 radical (unpaired) electrons. The summed E-state index contributed by atoms with van der Waals surface area (Å²) in [7, 11) is 0. The second-order valence-corrected chi connectivity index (χ2v) is 5.70. The first-order valence-corrected chi connectivity index (χ1v) is 7.52. The van der Waals surface area contributed by atoms with E-state index in [1.807, 2.05) is 19.1 Å². The van der Waals surface area contributed by atoms with Gasteiger partial charge in [-0.15, -0.1) is 0 Å². The number of benzene rings is 1. The summed E-state index contributed by atoms with van der Waals surface area (Å²) in [5, 5.41) is 29.4. The molecule has 0 aliphatic heterocycles. The third kappa shape index (κ3) is 3.17. The van der Waals surface area contributed by atoms with Gasteiger partial charge in [-0.1, -0.05) is 13.3 Å². The molecule has 5 nitrogen and oxygen atoms in total. The van der Waals surface area contributed by atoms with Gasteiger partial charge in [-0.3, -0.25) is 10.1 Å². The molecule has 0 heterocycles. The van der Waals surface area contributed by atoms with Crippen LogP contribution in [0, 0.1) is 32.8 Å². The number of hydrogen-bond acceptors (Lipinski definition) is 4. The molecule has 0 aromatic heterocycles. The fourth-order valence-electron chi connectivity index (χ4n) is 1.96. The Kier molecular flexibility index (Phi) is 6.12. The summed E-state index contributed by atoms with van der Waals surface area (Å²) in [4.78, 5) is 10.8. The van der Waals surface area contributed by atoms with Crippen molar-refractivity contribution < 1.29 is 4.92 Å². The van der Waals surface area contributed by atoms with Crippen molar-refractivity contribution in [3.05, 3.63) is 35.8 Å². The Morgan fingerprint density at radius 1 is 1.25 bits per heavy atom. The summed E-state index contributed by atoms with van der Waals surface area (Å²) in [6.45, 7) is 1.98. The first-order valence-electron chi connectivity index (χ1n) is 5.93. The van der Waals surface area contributed by atoms with Crippen molar-refractivity contribution in [2.75, 3.05) is 0 Å². The number of nitro groups is 1. The van der Waals surface area contributed by atoms with E-state index in [1.165, 1.54) is 0 Å². The highest BCUT2D eigenvalue weighted by molar-refractivity contribution is 9.13. The Balaban J connectivity index is 3.72. The number of unbranched alkanes of at least 4 members (excludes halogenated alkanes) is 1. The molecular weight excluding hydrogens is 390 g/mol. The number of hydrogen-bond donors (Lipinski definition) is 0. The molecule has 0 fully saturated rings. The SMILES string of the molecule is CCCCc1c(CC#N)c(Br)c(Br)c(C#N)c1[N+](=O)[O-]. The topological polar surface area (TPSA) is 90.7 Å². The molecule has 0 bridgehead atoms. The van der Waals surface area contributed by atoms with Crippen molar-refractivity contribution in [2.45, 2.75) is 32.6 Å². The smallest absolute Gasteiger partial charge is 0.258 e. The molecule has 0 spiro atoms. The fraction of sp³-hybridized carbons (Fsp3) is 0.385. The Morgan fingerprint density at radius 3 is 2.35 bits per heavy atom. The summed E-state index contributed by atoms with van der Waals surface area (Å²) in [5.41, 5.74) is 0.861. The van der Waals surface area contributed by atoms with Gasteiger partial charge in [0.05, 0.1) is 21.9 Å². The molecule has 7 heteroatoms. The average molecular weight is 401 g/mol. The van der Waals surface area contributed by atoms with Crippen LogP contribution < -0.4 is 0 Å². The van der Waals surface area contributed by atoms with Gasteiger partial charge in [0.25, 0.3) is 5.69 Å². The minimum absolute atomic E-state index is 0.00494. The highest BCUT2D eigenvalue weighted by Crippen LogP contribution is 2.40. The van der Waals surface area contributed by atoms with Crippen molar-refractivity contribution in [1.82, 2.24) is 0 Å². The van der Waals surface area contributed by atoms with Crippen molar-refractivity contribution in [3.8, 4) is 12.1 Å². The highest BCUT2D eigenvalue weighted by Gasteiger charge is 2.28. The molecule has 0 saturated carbocycles. The van der Waals surface area contributed by atoms with Gasteiger partial charge in [0.2, 0.25) is 0 Å². The second-order valence-electron chi connectivity index (χ2n) is 4.12. The normalized spacial score (nSPS) is 9.85. The van der Waals surface area contributed by atoms with E-state index in [0.29, 0.717) is 26.5 Å². The molecule has 0 unspecified atom stereocenters. The maximum absolute atomic E-state index is 11.3. The van der Waals surface area contributed by atoms with Gasteiger partial charge in [-0.25, -0.2) is 0 Å². The van der Waals surface area contributed by atoms with Crippen molar-refractivity contribution >= 4 is 37.5 Å². The monoisotopic (exact) mass is 399 g/mol. The lowest BCUT2D eigenvalue weighted by molar-refractivity contribution is -0.386. The first-order chi connectivity index (χ1) is 9.49. The minimum Gasteiger partial charge on any atom is -0.258 e. The lowest BCUT2D eigenvalue weighted by atomic mass is 9.95. The van der Waals surface area contributed by atoms with Crippen LogP contribution >= 0.6 is 31.9 Å².